The number of nitrogens with zero attached hydrogens (tertiary/aromatic N) is 1. The molecule has 2 aromatic rings. The van der Waals surface area contributed by atoms with Gasteiger partial charge in [-0.15, -0.1) is 11.8 Å². The van der Waals surface area contributed by atoms with Crippen LogP contribution < -0.4 is 10.6 Å². The average Bonchev–Trinajstić information content (AvgIpc) is 3.18. The Morgan fingerprint density at radius 1 is 1.11 bits per heavy atom. The molecular weight excluding hydrogens is 489 g/mol. The molecule has 3 rings (SSSR count). The second-order valence-corrected chi connectivity index (χ2v) is 10.5. The van der Waals surface area contributed by atoms with E-state index in [2.05, 4.69) is 10.6 Å². The first kappa shape index (κ1) is 27.0. The van der Waals surface area contributed by atoms with Crippen molar-refractivity contribution >= 4 is 41.3 Å². The van der Waals surface area contributed by atoms with Crippen LogP contribution >= 0.6 is 11.8 Å². The van der Waals surface area contributed by atoms with Crippen LogP contribution in [0.1, 0.15) is 37.9 Å². The van der Waals surface area contributed by atoms with E-state index in [9.17, 15) is 28.7 Å². The molecule has 0 saturated carbocycles. The third kappa shape index (κ3) is 6.54. The summed E-state index contributed by atoms with van der Waals surface area (Å²) in [7, 11) is 0. The van der Waals surface area contributed by atoms with E-state index >= 15 is 0 Å². The van der Waals surface area contributed by atoms with Crippen LogP contribution in [-0.2, 0) is 19.1 Å². The number of esters is 1. The van der Waals surface area contributed by atoms with E-state index in [-0.39, 0.29) is 5.56 Å². The van der Waals surface area contributed by atoms with Gasteiger partial charge in [0.15, 0.2) is 5.37 Å². The van der Waals surface area contributed by atoms with Gasteiger partial charge < -0.3 is 25.4 Å². The summed E-state index contributed by atoms with van der Waals surface area (Å²) in [5, 5.41) is 12.2. The lowest BCUT2D eigenvalue weighted by Crippen LogP contribution is -2.48. The summed E-state index contributed by atoms with van der Waals surface area (Å²) in [6.07, 6.45) is 0. The van der Waals surface area contributed by atoms with Gasteiger partial charge in [-0.25, -0.2) is 14.0 Å². The highest BCUT2D eigenvalue weighted by molar-refractivity contribution is 8.02. The number of nitrogens with one attached hydrogen (secondary N) is 2. The number of carbonyl (C=O) groups is 4. The quantitative estimate of drug-likeness (QED) is 0.499. The van der Waals surface area contributed by atoms with Gasteiger partial charge >= 0.3 is 18.0 Å². The van der Waals surface area contributed by atoms with Crippen molar-refractivity contribution in [3.8, 4) is 0 Å². The highest BCUT2D eigenvalue weighted by Gasteiger charge is 2.53. The normalized spacial score (nSPS) is 19.5. The lowest BCUT2D eigenvalue weighted by Gasteiger charge is -2.31. The van der Waals surface area contributed by atoms with Crippen LogP contribution in [0.5, 0.6) is 0 Å². The molecule has 11 heteroatoms. The number of carboxylic acid groups (broad SMARTS) is 1. The van der Waals surface area contributed by atoms with Gasteiger partial charge in [-0.2, -0.15) is 0 Å². The molecule has 3 N–H and O–H groups in total. The van der Waals surface area contributed by atoms with E-state index in [1.165, 1.54) is 18.2 Å². The minimum absolute atomic E-state index is 0.0546. The predicted octanol–water partition coefficient (Wildman–Crippen LogP) is 3.69. The van der Waals surface area contributed by atoms with Crippen molar-refractivity contribution in [2.45, 2.75) is 50.0 Å². The zero-order chi connectivity index (χ0) is 26.6. The standard InChI is InChI=1S/C25H28FN3O6S/c1-14-8-7-9-15(12-14)28-24(34)27-13-18(30)29-19(16-10-5-6-11-17(16)26)20(22(31)32)36-21(29)23(33)35-25(2,3)4/h5-12,19-21H,13H2,1-4H3,(H,31,32)(H2,27,28,34)/t19?,20?,21-/m0/s1. The number of anilines is 1. The SMILES string of the molecule is Cc1cccc(NC(=O)NCC(=O)N2C(c3ccccc3F)C(C(=O)O)S[C@H]2C(=O)OC(C)(C)C)c1. The first-order valence-corrected chi connectivity index (χ1v) is 12.1. The van der Waals surface area contributed by atoms with Crippen LogP contribution in [-0.4, -0.2) is 56.7 Å². The average molecular weight is 518 g/mol. The lowest BCUT2D eigenvalue weighted by atomic mass is 10.0. The molecule has 1 saturated heterocycles. The molecule has 9 nitrogen and oxygen atoms in total. The molecule has 0 radical (unpaired) electrons. The molecule has 36 heavy (non-hydrogen) atoms. The van der Waals surface area contributed by atoms with Crippen LogP contribution in [0, 0.1) is 12.7 Å². The summed E-state index contributed by atoms with van der Waals surface area (Å²) >= 11 is 0.690. The van der Waals surface area contributed by atoms with Crippen LogP contribution in [0.15, 0.2) is 48.5 Å². The third-order valence-electron chi connectivity index (χ3n) is 5.15. The number of carboxylic acids is 1. The largest absolute Gasteiger partial charge is 0.480 e. The summed E-state index contributed by atoms with van der Waals surface area (Å²) in [5.74, 6) is -3.64. The molecular formula is C25H28FN3O6S. The molecule has 192 valence electrons. The molecule has 0 spiro atoms. The number of halogens is 1. The highest BCUT2D eigenvalue weighted by atomic mass is 32.2. The predicted molar refractivity (Wildman–Crippen MR) is 133 cm³/mol. The molecule has 3 atom stereocenters. The van der Waals surface area contributed by atoms with Crippen LogP contribution in [0.3, 0.4) is 0 Å². The second kappa shape index (κ2) is 11.0. The maximum absolute atomic E-state index is 14.8. The molecule has 1 aliphatic heterocycles. The van der Waals surface area contributed by atoms with E-state index < -0.39 is 58.5 Å². The van der Waals surface area contributed by atoms with Crippen LogP contribution in [0.2, 0.25) is 0 Å². The summed E-state index contributed by atoms with van der Waals surface area (Å²) in [4.78, 5) is 51.8. The van der Waals surface area contributed by atoms with Gasteiger partial charge in [0.2, 0.25) is 5.91 Å². The minimum atomic E-state index is -1.36. The van der Waals surface area contributed by atoms with Gasteiger partial charge in [-0.1, -0.05) is 30.3 Å². The van der Waals surface area contributed by atoms with Gasteiger partial charge in [-0.05, 0) is 51.5 Å². The molecule has 3 amide bonds. The fourth-order valence-electron chi connectivity index (χ4n) is 3.74. The van der Waals surface area contributed by atoms with Crippen molar-refractivity contribution in [2.24, 2.45) is 0 Å². The number of rotatable bonds is 6. The first-order valence-electron chi connectivity index (χ1n) is 11.2. The molecule has 0 aliphatic carbocycles. The Morgan fingerprint density at radius 3 is 2.42 bits per heavy atom. The second-order valence-electron chi connectivity index (χ2n) is 9.23. The summed E-state index contributed by atoms with van der Waals surface area (Å²) < 4.78 is 20.2. The Balaban J connectivity index is 1.88. The fraction of sp³-hybridized carbons (Fsp3) is 0.360. The van der Waals surface area contributed by atoms with Crippen molar-refractivity contribution in [1.82, 2.24) is 10.2 Å². The summed E-state index contributed by atoms with van der Waals surface area (Å²) in [5.41, 5.74) is 0.470. The van der Waals surface area contributed by atoms with Gasteiger partial charge in [0.25, 0.3) is 0 Å². The number of amides is 3. The molecule has 0 aromatic heterocycles. The Hall–Kier alpha value is -3.60. The maximum Gasteiger partial charge on any atom is 0.340 e. The Labute approximate surface area is 212 Å². The number of benzene rings is 2. The van der Waals surface area contributed by atoms with Crippen molar-refractivity contribution in [3.63, 3.8) is 0 Å². The Bertz CT molecular complexity index is 1170. The molecule has 2 aromatic carbocycles. The van der Waals surface area contributed by atoms with Crippen molar-refractivity contribution in [1.29, 1.82) is 0 Å². The van der Waals surface area contributed by atoms with Crippen molar-refractivity contribution in [3.05, 3.63) is 65.5 Å². The highest BCUT2D eigenvalue weighted by Crippen LogP contribution is 2.46. The number of hydrogen-bond donors (Lipinski definition) is 3. The van der Waals surface area contributed by atoms with E-state index in [4.69, 9.17) is 4.74 Å². The van der Waals surface area contributed by atoms with E-state index in [1.807, 2.05) is 13.0 Å². The number of hydrogen-bond acceptors (Lipinski definition) is 6. The van der Waals surface area contributed by atoms with Crippen LogP contribution in [0.4, 0.5) is 14.9 Å². The zero-order valence-electron chi connectivity index (χ0n) is 20.3. The van der Waals surface area contributed by atoms with Gasteiger partial charge in [0.1, 0.15) is 16.7 Å². The number of ether oxygens (including phenoxy) is 1. The summed E-state index contributed by atoms with van der Waals surface area (Å²) in [6, 6.07) is 10.5. The van der Waals surface area contributed by atoms with Crippen molar-refractivity contribution in [2.75, 3.05) is 11.9 Å². The summed E-state index contributed by atoms with van der Waals surface area (Å²) in [6.45, 7) is 6.20. The first-order chi connectivity index (χ1) is 16.9. The monoisotopic (exact) mass is 517 g/mol. The number of carbonyl (C=O) groups excluding carboxylic acids is 3. The topological polar surface area (TPSA) is 125 Å². The lowest BCUT2D eigenvalue weighted by molar-refractivity contribution is -0.161. The van der Waals surface area contributed by atoms with Crippen molar-refractivity contribution < 1.29 is 33.4 Å². The van der Waals surface area contributed by atoms with E-state index in [0.29, 0.717) is 17.4 Å². The van der Waals surface area contributed by atoms with E-state index in [0.717, 1.165) is 16.5 Å². The fourth-order valence-corrected chi connectivity index (χ4v) is 5.10. The molecule has 2 unspecified atom stereocenters. The van der Waals surface area contributed by atoms with Crippen LogP contribution in [0.25, 0.3) is 0 Å². The Morgan fingerprint density at radius 2 is 1.81 bits per heavy atom. The molecule has 0 bridgehead atoms. The van der Waals surface area contributed by atoms with E-state index in [1.54, 1.807) is 39.0 Å². The number of aryl methyl sites for hydroxylation is 1. The Kier molecular flexibility index (Phi) is 8.24. The molecule has 1 fully saturated rings. The maximum atomic E-state index is 14.8. The zero-order valence-corrected chi connectivity index (χ0v) is 21.1. The third-order valence-corrected chi connectivity index (χ3v) is 6.58. The number of thioether (sulfide) groups is 1. The van der Waals surface area contributed by atoms with Gasteiger partial charge in [0.05, 0.1) is 12.6 Å². The molecule has 1 aliphatic rings. The number of aliphatic carboxylic acids is 1. The van der Waals surface area contributed by atoms with Gasteiger partial charge in [0, 0.05) is 11.3 Å². The number of urea groups is 1. The smallest absolute Gasteiger partial charge is 0.340 e. The minimum Gasteiger partial charge on any atom is -0.480 e. The molecule has 1 heterocycles. The van der Waals surface area contributed by atoms with Gasteiger partial charge in [-0.3, -0.25) is 9.59 Å².